The van der Waals surface area contributed by atoms with E-state index in [1.807, 2.05) is 0 Å². The van der Waals surface area contributed by atoms with E-state index in [1.54, 1.807) is 11.3 Å². The minimum atomic E-state index is 0.286. The van der Waals surface area contributed by atoms with Crippen LogP contribution in [0.2, 0.25) is 0 Å². The molecule has 0 bridgehead atoms. The fourth-order valence-corrected chi connectivity index (χ4v) is 3.50. The number of aryl methyl sites for hydroxylation is 1. The number of aromatic amines is 1. The second-order valence-electron chi connectivity index (χ2n) is 5.58. The summed E-state index contributed by atoms with van der Waals surface area (Å²) in [5.41, 5.74) is 5.98. The lowest BCUT2D eigenvalue weighted by atomic mass is 9.91. The van der Waals surface area contributed by atoms with Crippen molar-refractivity contribution < 1.29 is 0 Å². The number of anilines is 1. The van der Waals surface area contributed by atoms with Crippen LogP contribution in [-0.4, -0.2) is 34.3 Å². The van der Waals surface area contributed by atoms with E-state index in [9.17, 15) is 0 Å². The molecule has 1 aliphatic heterocycles. The third-order valence-corrected chi connectivity index (χ3v) is 5.02. The van der Waals surface area contributed by atoms with Crippen LogP contribution in [0.4, 0.5) is 5.95 Å². The Morgan fingerprint density at radius 3 is 2.75 bits per heavy atom. The molecule has 0 radical (unpaired) electrons. The van der Waals surface area contributed by atoms with Gasteiger partial charge in [-0.3, -0.25) is 5.10 Å². The number of piperidine rings is 1. The van der Waals surface area contributed by atoms with Crippen molar-refractivity contribution in [3.05, 3.63) is 17.0 Å². The minimum absolute atomic E-state index is 0.286. The summed E-state index contributed by atoms with van der Waals surface area (Å²) >= 11 is 1.74. The summed E-state index contributed by atoms with van der Waals surface area (Å²) in [5, 5.41) is 7.41. The zero-order valence-corrected chi connectivity index (χ0v) is 12.8. The van der Waals surface area contributed by atoms with Crippen LogP contribution in [-0.2, 0) is 0 Å². The van der Waals surface area contributed by atoms with Crippen LogP contribution < -0.4 is 10.6 Å². The van der Waals surface area contributed by atoms with E-state index in [-0.39, 0.29) is 6.04 Å². The van der Waals surface area contributed by atoms with Gasteiger partial charge < -0.3 is 10.6 Å². The standard InChI is InChI=1S/C14H21N5S/c1-9-3-4-12(20-9)13-16-14(18-17-13)19-7-5-11(6-8-19)10(2)15/h3-4,10-11H,5-8,15H2,1-2H3,(H,16,17,18). The summed E-state index contributed by atoms with van der Waals surface area (Å²) in [6, 6.07) is 4.48. The van der Waals surface area contributed by atoms with Gasteiger partial charge in [0.1, 0.15) is 0 Å². The van der Waals surface area contributed by atoms with E-state index in [2.05, 4.69) is 46.1 Å². The molecular formula is C14H21N5S. The summed E-state index contributed by atoms with van der Waals surface area (Å²) in [7, 11) is 0. The fourth-order valence-electron chi connectivity index (χ4n) is 2.69. The first-order chi connectivity index (χ1) is 9.63. The lowest BCUT2D eigenvalue weighted by molar-refractivity contribution is 0.352. The van der Waals surface area contributed by atoms with Gasteiger partial charge in [0.25, 0.3) is 0 Å². The first-order valence-electron chi connectivity index (χ1n) is 7.13. The fraction of sp³-hybridized carbons (Fsp3) is 0.571. The molecule has 0 aliphatic carbocycles. The van der Waals surface area contributed by atoms with Gasteiger partial charge in [0.05, 0.1) is 4.88 Å². The van der Waals surface area contributed by atoms with E-state index < -0.39 is 0 Å². The zero-order valence-electron chi connectivity index (χ0n) is 12.0. The second kappa shape index (κ2) is 5.54. The molecule has 0 amide bonds. The summed E-state index contributed by atoms with van der Waals surface area (Å²) in [4.78, 5) is 9.31. The Hall–Kier alpha value is -1.40. The number of aromatic nitrogens is 3. The molecule has 1 fully saturated rings. The van der Waals surface area contributed by atoms with Crippen molar-refractivity contribution in [2.45, 2.75) is 32.7 Å². The topological polar surface area (TPSA) is 70.8 Å². The number of hydrogen-bond acceptors (Lipinski definition) is 5. The molecule has 0 saturated carbocycles. The van der Waals surface area contributed by atoms with Crippen LogP contribution in [0.3, 0.4) is 0 Å². The lowest BCUT2D eigenvalue weighted by Gasteiger charge is -2.32. The van der Waals surface area contributed by atoms with Crippen LogP contribution >= 0.6 is 11.3 Å². The second-order valence-corrected chi connectivity index (χ2v) is 6.87. The summed E-state index contributed by atoms with van der Waals surface area (Å²) in [6.07, 6.45) is 2.25. The quantitative estimate of drug-likeness (QED) is 0.911. The van der Waals surface area contributed by atoms with Gasteiger partial charge in [-0.15, -0.1) is 16.4 Å². The monoisotopic (exact) mass is 291 g/mol. The maximum atomic E-state index is 5.98. The number of nitrogens with two attached hydrogens (primary N) is 1. The van der Waals surface area contributed by atoms with Gasteiger partial charge in [-0.1, -0.05) is 0 Å². The SMILES string of the molecule is Cc1ccc(-c2nc(N3CCC(C(C)N)CC3)n[nH]2)s1. The first kappa shape index (κ1) is 13.6. The highest BCUT2D eigenvalue weighted by molar-refractivity contribution is 7.15. The number of rotatable bonds is 3. The molecule has 1 saturated heterocycles. The molecule has 108 valence electrons. The molecule has 1 unspecified atom stereocenters. The Kier molecular flexibility index (Phi) is 3.76. The summed E-state index contributed by atoms with van der Waals surface area (Å²) in [6.45, 7) is 6.19. The van der Waals surface area contributed by atoms with Gasteiger partial charge >= 0.3 is 0 Å². The molecule has 3 N–H and O–H groups in total. The molecular weight excluding hydrogens is 270 g/mol. The van der Waals surface area contributed by atoms with Crippen molar-refractivity contribution in [2.75, 3.05) is 18.0 Å². The Morgan fingerprint density at radius 1 is 1.40 bits per heavy atom. The van der Waals surface area contributed by atoms with Crippen molar-refractivity contribution in [2.24, 2.45) is 11.7 Å². The van der Waals surface area contributed by atoms with Crippen LogP contribution in [0.5, 0.6) is 0 Å². The number of hydrogen-bond donors (Lipinski definition) is 2. The van der Waals surface area contributed by atoms with Crippen molar-refractivity contribution in [1.29, 1.82) is 0 Å². The van der Waals surface area contributed by atoms with E-state index in [1.165, 1.54) is 4.88 Å². The van der Waals surface area contributed by atoms with Crippen molar-refractivity contribution in [3.8, 4) is 10.7 Å². The molecule has 0 aromatic carbocycles. The highest BCUT2D eigenvalue weighted by Gasteiger charge is 2.24. The third-order valence-electron chi connectivity index (χ3n) is 4.01. The Labute approximate surface area is 123 Å². The molecule has 3 rings (SSSR count). The molecule has 3 heterocycles. The van der Waals surface area contributed by atoms with E-state index >= 15 is 0 Å². The van der Waals surface area contributed by atoms with Gasteiger partial charge in [-0.2, -0.15) is 4.98 Å². The predicted molar refractivity (Wildman–Crippen MR) is 83.0 cm³/mol. The molecule has 1 atom stereocenters. The maximum Gasteiger partial charge on any atom is 0.245 e. The maximum absolute atomic E-state index is 5.98. The van der Waals surface area contributed by atoms with Gasteiger partial charge in [-0.25, -0.2) is 0 Å². The van der Waals surface area contributed by atoms with E-state index in [4.69, 9.17) is 5.73 Å². The number of nitrogens with one attached hydrogen (secondary N) is 1. The van der Waals surface area contributed by atoms with Crippen LogP contribution in [0.1, 0.15) is 24.6 Å². The molecule has 2 aromatic rings. The Morgan fingerprint density at radius 2 is 2.15 bits per heavy atom. The molecule has 2 aromatic heterocycles. The number of H-pyrrole nitrogens is 1. The third kappa shape index (κ3) is 2.71. The molecule has 5 nitrogen and oxygen atoms in total. The van der Waals surface area contributed by atoms with Crippen molar-refractivity contribution in [3.63, 3.8) is 0 Å². The summed E-state index contributed by atoms with van der Waals surface area (Å²) < 4.78 is 0. The largest absolute Gasteiger partial charge is 0.340 e. The Balaban J connectivity index is 1.69. The van der Waals surface area contributed by atoms with Gasteiger partial charge in [-0.05, 0) is 44.7 Å². The zero-order chi connectivity index (χ0) is 14.1. The molecule has 1 aliphatic rings. The van der Waals surface area contributed by atoms with E-state index in [0.717, 1.165) is 42.6 Å². The molecule has 20 heavy (non-hydrogen) atoms. The molecule has 0 spiro atoms. The van der Waals surface area contributed by atoms with Crippen LogP contribution in [0.25, 0.3) is 10.7 Å². The lowest BCUT2D eigenvalue weighted by Crippen LogP contribution is -2.40. The highest BCUT2D eigenvalue weighted by atomic mass is 32.1. The van der Waals surface area contributed by atoms with E-state index in [0.29, 0.717) is 5.92 Å². The van der Waals surface area contributed by atoms with Gasteiger partial charge in [0.2, 0.25) is 5.95 Å². The molecule has 6 heteroatoms. The minimum Gasteiger partial charge on any atom is -0.340 e. The number of nitrogens with zero attached hydrogens (tertiary/aromatic N) is 3. The number of thiophene rings is 1. The van der Waals surface area contributed by atoms with Crippen LogP contribution in [0, 0.1) is 12.8 Å². The summed E-state index contributed by atoms with van der Waals surface area (Å²) in [5.74, 6) is 2.31. The smallest absolute Gasteiger partial charge is 0.245 e. The Bertz CT molecular complexity index is 566. The van der Waals surface area contributed by atoms with Crippen molar-refractivity contribution in [1.82, 2.24) is 15.2 Å². The average molecular weight is 291 g/mol. The van der Waals surface area contributed by atoms with Crippen molar-refractivity contribution >= 4 is 17.3 Å². The normalized spacial score (nSPS) is 18.4. The van der Waals surface area contributed by atoms with Gasteiger partial charge in [0.15, 0.2) is 5.82 Å². The predicted octanol–water partition coefficient (Wildman–Crippen LogP) is 2.41. The first-order valence-corrected chi connectivity index (χ1v) is 7.95. The highest BCUT2D eigenvalue weighted by Crippen LogP contribution is 2.27. The van der Waals surface area contributed by atoms with Crippen LogP contribution in [0.15, 0.2) is 12.1 Å². The average Bonchev–Trinajstić information content (AvgIpc) is 3.07. The van der Waals surface area contributed by atoms with Gasteiger partial charge in [0, 0.05) is 24.0 Å².